The summed E-state index contributed by atoms with van der Waals surface area (Å²) in [7, 11) is 0. The molecule has 0 bridgehead atoms. The third kappa shape index (κ3) is 3.07. The van der Waals surface area contributed by atoms with Crippen molar-refractivity contribution in [2.45, 2.75) is 0 Å². The van der Waals surface area contributed by atoms with Gasteiger partial charge in [-0.1, -0.05) is 29.8 Å². The van der Waals surface area contributed by atoms with Crippen molar-refractivity contribution in [1.29, 1.82) is 0 Å². The summed E-state index contributed by atoms with van der Waals surface area (Å²) in [5, 5.41) is 0.472. The lowest BCUT2D eigenvalue weighted by atomic mass is 10.1. The molecule has 3 nitrogen and oxygen atoms in total. The first-order chi connectivity index (χ1) is 10.6. The molecule has 114 valence electrons. The van der Waals surface area contributed by atoms with E-state index in [2.05, 4.69) is 4.90 Å². The molecule has 1 aliphatic rings. The molecule has 0 aromatic heterocycles. The highest BCUT2D eigenvalue weighted by atomic mass is 35.5. The van der Waals surface area contributed by atoms with Gasteiger partial charge in [-0.2, -0.15) is 0 Å². The average Bonchev–Trinajstić information content (AvgIpc) is 2.55. The van der Waals surface area contributed by atoms with E-state index in [4.69, 9.17) is 11.6 Å². The maximum absolute atomic E-state index is 13.3. The van der Waals surface area contributed by atoms with E-state index in [0.717, 1.165) is 5.69 Å². The Hall–Kier alpha value is -2.07. The van der Waals surface area contributed by atoms with Crippen molar-refractivity contribution in [3.05, 3.63) is 64.9 Å². The lowest BCUT2D eigenvalue weighted by Crippen LogP contribution is -2.48. The van der Waals surface area contributed by atoms with Gasteiger partial charge in [0.1, 0.15) is 5.82 Å². The molecule has 22 heavy (non-hydrogen) atoms. The predicted molar refractivity (Wildman–Crippen MR) is 86.0 cm³/mol. The summed E-state index contributed by atoms with van der Waals surface area (Å²) in [6.45, 7) is 2.56. The van der Waals surface area contributed by atoms with E-state index in [1.807, 2.05) is 12.1 Å². The summed E-state index contributed by atoms with van der Waals surface area (Å²) in [6, 6.07) is 13.6. The second-order valence-corrected chi connectivity index (χ2v) is 5.65. The highest BCUT2D eigenvalue weighted by Gasteiger charge is 2.23. The molecule has 0 unspecified atom stereocenters. The van der Waals surface area contributed by atoms with Crippen LogP contribution in [0.2, 0.25) is 5.02 Å². The zero-order valence-electron chi connectivity index (χ0n) is 12.0. The third-order valence-corrected chi connectivity index (χ3v) is 4.17. The zero-order valence-corrected chi connectivity index (χ0v) is 12.8. The molecule has 1 aliphatic heterocycles. The van der Waals surface area contributed by atoms with Gasteiger partial charge in [0.2, 0.25) is 0 Å². The number of nitrogens with zero attached hydrogens (tertiary/aromatic N) is 2. The van der Waals surface area contributed by atoms with Crippen LogP contribution in [-0.2, 0) is 0 Å². The fraction of sp³-hybridized carbons (Fsp3) is 0.235. The van der Waals surface area contributed by atoms with E-state index in [0.29, 0.717) is 36.8 Å². The van der Waals surface area contributed by atoms with Gasteiger partial charge in [-0.05, 0) is 30.3 Å². The maximum atomic E-state index is 13.3. The molecule has 0 atom stereocenters. The van der Waals surface area contributed by atoms with Crippen molar-refractivity contribution in [1.82, 2.24) is 4.90 Å². The quantitative estimate of drug-likeness (QED) is 0.847. The fourth-order valence-electron chi connectivity index (χ4n) is 2.65. The molecule has 0 radical (unpaired) electrons. The van der Waals surface area contributed by atoms with Crippen LogP contribution in [0.15, 0.2) is 48.5 Å². The second-order valence-electron chi connectivity index (χ2n) is 5.24. The van der Waals surface area contributed by atoms with Crippen LogP contribution < -0.4 is 4.90 Å². The van der Waals surface area contributed by atoms with Gasteiger partial charge in [-0.15, -0.1) is 0 Å². The third-order valence-electron chi connectivity index (χ3n) is 3.84. The van der Waals surface area contributed by atoms with Crippen molar-refractivity contribution in [3.63, 3.8) is 0 Å². The number of anilines is 1. The molecule has 1 saturated heterocycles. The van der Waals surface area contributed by atoms with E-state index in [1.54, 1.807) is 29.2 Å². The lowest BCUT2D eigenvalue weighted by molar-refractivity contribution is 0.0747. The van der Waals surface area contributed by atoms with Crippen molar-refractivity contribution in [2.24, 2.45) is 0 Å². The molecule has 1 fully saturated rings. The number of hydrogen-bond acceptors (Lipinski definition) is 2. The van der Waals surface area contributed by atoms with Crippen molar-refractivity contribution in [2.75, 3.05) is 31.1 Å². The molecule has 1 amide bonds. The van der Waals surface area contributed by atoms with Crippen LogP contribution in [0.3, 0.4) is 0 Å². The first kappa shape index (κ1) is 14.9. The topological polar surface area (TPSA) is 23.6 Å². The van der Waals surface area contributed by atoms with Crippen LogP contribution in [0.5, 0.6) is 0 Å². The lowest BCUT2D eigenvalue weighted by Gasteiger charge is -2.36. The Morgan fingerprint density at radius 3 is 2.41 bits per heavy atom. The van der Waals surface area contributed by atoms with Crippen LogP contribution in [0.25, 0.3) is 0 Å². The summed E-state index contributed by atoms with van der Waals surface area (Å²) >= 11 is 6.08. The average molecular weight is 319 g/mol. The Balaban J connectivity index is 1.67. The van der Waals surface area contributed by atoms with E-state index in [-0.39, 0.29) is 11.7 Å². The summed E-state index contributed by atoms with van der Waals surface area (Å²) in [5.74, 6) is -0.295. The molecule has 0 aliphatic carbocycles. The molecule has 5 heteroatoms. The van der Waals surface area contributed by atoms with Gasteiger partial charge >= 0.3 is 0 Å². The number of benzene rings is 2. The van der Waals surface area contributed by atoms with Gasteiger partial charge in [0.25, 0.3) is 5.91 Å². The van der Waals surface area contributed by atoms with Gasteiger partial charge in [0.05, 0.1) is 10.6 Å². The number of halogens is 2. The van der Waals surface area contributed by atoms with Crippen LogP contribution in [-0.4, -0.2) is 37.0 Å². The summed E-state index contributed by atoms with van der Waals surface area (Å²) < 4.78 is 13.3. The minimum Gasteiger partial charge on any atom is -0.368 e. The normalized spacial score (nSPS) is 15.0. The number of carbonyl (C=O) groups is 1. The molecular formula is C17H16ClFN2O. The van der Waals surface area contributed by atoms with Gasteiger partial charge in [0.15, 0.2) is 0 Å². The molecule has 1 heterocycles. The minimum atomic E-state index is -0.243. The predicted octanol–water partition coefficient (Wildman–Crippen LogP) is 3.44. The van der Waals surface area contributed by atoms with Gasteiger partial charge in [0, 0.05) is 31.9 Å². The molecule has 0 saturated carbocycles. The zero-order chi connectivity index (χ0) is 15.5. The fourth-order valence-corrected chi connectivity index (χ4v) is 2.86. The largest absolute Gasteiger partial charge is 0.368 e. The molecule has 2 aromatic carbocycles. The highest BCUT2D eigenvalue weighted by Crippen LogP contribution is 2.21. The van der Waals surface area contributed by atoms with E-state index < -0.39 is 0 Å². The van der Waals surface area contributed by atoms with Gasteiger partial charge in [-0.3, -0.25) is 4.79 Å². The number of hydrogen-bond donors (Lipinski definition) is 0. The van der Waals surface area contributed by atoms with Crippen LogP contribution >= 0.6 is 11.6 Å². The van der Waals surface area contributed by atoms with Gasteiger partial charge < -0.3 is 9.80 Å². The Bertz CT molecular complexity index is 684. The SMILES string of the molecule is O=C(c1ccccc1Cl)N1CCN(c2cccc(F)c2)CC1. The van der Waals surface area contributed by atoms with Crippen molar-refractivity contribution < 1.29 is 9.18 Å². The van der Waals surface area contributed by atoms with E-state index in [1.165, 1.54) is 12.1 Å². The molecular weight excluding hydrogens is 303 g/mol. The van der Waals surface area contributed by atoms with Crippen LogP contribution in [0, 0.1) is 5.82 Å². The summed E-state index contributed by atoms with van der Waals surface area (Å²) in [4.78, 5) is 16.4. The van der Waals surface area contributed by atoms with Crippen molar-refractivity contribution in [3.8, 4) is 0 Å². The minimum absolute atomic E-state index is 0.0514. The highest BCUT2D eigenvalue weighted by molar-refractivity contribution is 6.33. The molecule has 3 rings (SSSR count). The second kappa shape index (κ2) is 6.36. The van der Waals surface area contributed by atoms with Gasteiger partial charge in [-0.25, -0.2) is 4.39 Å². The number of amides is 1. The van der Waals surface area contributed by atoms with Crippen molar-refractivity contribution >= 4 is 23.2 Å². The summed E-state index contributed by atoms with van der Waals surface area (Å²) in [6.07, 6.45) is 0. The van der Waals surface area contributed by atoms with Crippen LogP contribution in [0.4, 0.5) is 10.1 Å². The first-order valence-electron chi connectivity index (χ1n) is 7.19. The first-order valence-corrected chi connectivity index (χ1v) is 7.57. The Morgan fingerprint density at radius 1 is 1.00 bits per heavy atom. The Morgan fingerprint density at radius 2 is 1.73 bits per heavy atom. The maximum Gasteiger partial charge on any atom is 0.255 e. The molecule has 0 N–H and O–H groups in total. The Labute approximate surface area is 133 Å². The van der Waals surface area contributed by atoms with E-state index >= 15 is 0 Å². The standard InChI is InChI=1S/C17H16ClFN2O/c18-16-7-2-1-6-15(16)17(22)21-10-8-20(9-11-21)14-5-3-4-13(19)12-14/h1-7,12H,8-11H2. The van der Waals surface area contributed by atoms with Crippen LogP contribution in [0.1, 0.15) is 10.4 Å². The molecule has 2 aromatic rings. The summed E-state index contributed by atoms with van der Waals surface area (Å²) in [5.41, 5.74) is 1.38. The van der Waals surface area contributed by atoms with E-state index in [9.17, 15) is 9.18 Å². The monoisotopic (exact) mass is 318 g/mol. The molecule has 0 spiro atoms. The Kier molecular flexibility index (Phi) is 4.29. The smallest absolute Gasteiger partial charge is 0.255 e. The number of carbonyl (C=O) groups excluding carboxylic acids is 1. The number of rotatable bonds is 2. The number of piperazine rings is 1.